The Labute approximate surface area is 76.7 Å². The summed E-state index contributed by atoms with van der Waals surface area (Å²) in [6.45, 7) is 8.53. The molecule has 0 aromatic heterocycles. The molecule has 0 aliphatic rings. The molecule has 0 spiro atoms. The van der Waals surface area contributed by atoms with Gasteiger partial charge in [0.15, 0.2) is 0 Å². The number of nitrogens with two attached hydrogens (primary N) is 1. The van der Waals surface area contributed by atoms with Gasteiger partial charge >= 0.3 is 0 Å². The summed E-state index contributed by atoms with van der Waals surface area (Å²) < 4.78 is 0. The molecule has 0 heterocycles. The minimum absolute atomic E-state index is 0.311. The van der Waals surface area contributed by atoms with E-state index in [2.05, 4.69) is 32.6 Å². The van der Waals surface area contributed by atoms with Gasteiger partial charge in [0.2, 0.25) is 0 Å². The van der Waals surface area contributed by atoms with E-state index in [1.807, 2.05) is 6.92 Å². The fourth-order valence-electron chi connectivity index (χ4n) is 1.27. The van der Waals surface area contributed by atoms with Gasteiger partial charge in [0.1, 0.15) is 0 Å². The second kappa shape index (κ2) is 5.22. The molecule has 0 aliphatic heterocycles. The molecule has 0 saturated heterocycles. The normalized spacial score (nSPS) is 13.4. The maximum absolute atomic E-state index is 5.93. The smallest absolute Gasteiger partial charge is 0.0103 e. The zero-order valence-corrected chi connectivity index (χ0v) is 8.78. The summed E-state index contributed by atoms with van der Waals surface area (Å²) in [5, 5.41) is 0. The lowest BCUT2D eigenvalue weighted by Crippen LogP contribution is -2.25. The monoisotopic (exact) mass is 167 g/mol. The first-order valence-electron chi connectivity index (χ1n) is 4.61. The van der Waals surface area contributed by atoms with Crippen LogP contribution in [0.25, 0.3) is 0 Å². The minimum Gasteiger partial charge on any atom is -0.328 e. The molecule has 1 heteroatoms. The largest absolute Gasteiger partial charge is 0.328 e. The zero-order valence-electron chi connectivity index (χ0n) is 8.78. The summed E-state index contributed by atoms with van der Waals surface area (Å²) in [7, 11) is 0. The first kappa shape index (κ1) is 11.5. The molecule has 0 fully saturated rings. The Morgan fingerprint density at radius 1 is 1.33 bits per heavy atom. The molecule has 1 unspecified atom stereocenters. The Morgan fingerprint density at radius 3 is 2.33 bits per heavy atom. The number of hydrogen-bond donors (Lipinski definition) is 1. The highest BCUT2D eigenvalue weighted by atomic mass is 14.6. The molecule has 2 N–H and O–H groups in total. The molecule has 12 heavy (non-hydrogen) atoms. The first-order chi connectivity index (χ1) is 5.45. The van der Waals surface area contributed by atoms with Crippen LogP contribution in [0.5, 0.6) is 0 Å². The summed E-state index contributed by atoms with van der Waals surface area (Å²) in [5.74, 6) is 5.92. The van der Waals surface area contributed by atoms with Crippen LogP contribution in [-0.2, 0) is 0 Å². The van der Waals surface area contributed by atoms with Crippen LogP contribution < -0.4 is 5.73 Å². The van der Waals surface area contributed by atoms with E-state index in [4.69, 9.17) is 5.73 Å². The highest BCUT2D eigenvalue weighted by Crippen LogP contribution is 2.21. The van der Waals surface area contributed by atoms with Crippen LogP contribution in [0.3, 0.4) is 0 Å². The van der Waals surface area contributed by atoms with Gasteiger partial charge in [-0.05, 0) is 25.2 Å². The Balaban J connectivity index is 3.57. The quantitative estimate of drug-likeness (QED) is 0.642. The Morgan fingerprint density at radius 2 is 1.92 bits per heavy atom. The first-order valence-corrected chi connectivity index (χ1v) is 4.61. The van der Waals surface area contributed by atoms with Crippen molar-refractivity contribution in [2.24, 2.45) is 11.1 Å². The fraction of sp³-hybridized carbons (Fsp3) is 0.818. The van der Waals surface area contributed by atoms with Gasteiger partial charge in [-0.1, -0.05) is 20.8 Å². The molecule has 0 rings (SSSR count). The van der Waals surface area contributed by atoms with E-state index < -0.39 is 0 Å². The fourth-order valence-corrected chi connectivity index (χ4v) is 1.27. The predicted molar refractivity (Wildman–Crippen MR) is 54.7 cm³/mol. The molecule has 0 aliphatic carbocycles. The molecule has 1 atom stereocenters. The summed E-state index contributed by atoms with van der Waals surface area (Å²) in [4.78, 5) is 0. The van der Waals surface area contributed by atoms with Crippen molar-refractivity contribution >= 4 is 0 Å². The molecule has 0 radical (unpaired) electrons. The van der Waals surface area contributed by atoms with Crippen LogP contribution in [-0.4, -0.2) is 6.04 Å². The van der Waals surface area contributed by atoms with Crippen molar-refractivity contribution in [1.82, 2.24) is 0 Å². The topological polar surface area (TPSA) is 26.0 Å². The van der Waals surface area contributed by atoms with Gasteiger partial charge in [-0.15, -0.1) is 11.8 Å². The number of hydrogen-bond acceptors (Lipinski definition) is 1. The van der Waals surface area contributed by atoms with Crippen LogP contribution in [0.15, 0.2) is 0 Å². The van der Waals surface area contributed by atoms with E-state index in [0.29, 0.717) is 11.5 Å². The third-order valence-corrected chi connectivity index (χ3v) is 1.69. The van der Waals surface area contributed by atoms with E-state index in [-0.39, 0.29) is 0 Å². The van der Waals surface area contributed by atoms with Crippen LogP contribution in [0.1, 0.15) is 47.0 Å². The highest BCUT2D eigenvalue weighted by Gasteiger charge is 2.14. The molecular weight excluding hydrogens is 146 g/mol. The molecule has 0 amide bonds. The Bertz CT molecular complexity index is 166. The molecule has 1 nitrogen and oxygen atoms in total. The average Bonchev–Trinajstić information content (AvgIpc) is 1.84. The van der Waals surface area contributed by atoms with Crippen LogP contribution in [0.2, 0.25) is 0 Å². The van der Waals surface area contributed by atoms with Gasteiger partial charge in [-0.3, -0.25) is 0 Å². The van der Waals surface area contributed by atoms with Gasteiger partial charge in [0.25, 0.3) is 0 Å². The number of rotatable bonds is 3. The molecule has 0 saturated carbocycles. The highest BCUT2D eigenvalue weighted by molar-refractivity contribution is 4.95. The van der Waals surface area contributed by atoms with Gasteiger partial charge in [-0.2, -0.15) is 0 Å². The van der Waals surface area contributed by atoms with Gasteiger partial charge in [0, 0.05) is 12.5 Å². The van der Waals surface area contributed by atoms with Crippen molar-refractivity contribution in [3.05, 3.63) is 0 Å². The lowest BCUT2D eigenvalue weighted by atomic mass is 9.87. The molecule has 0 aromatic rings. The SMILES string of the molecule is CC#CCCC(N)CC(C)(C)C. The molecular formula is C11H21N. The predicted octanol–water partition coefficient (Wildman–Crippen LogP) is 2.55. The van der Waals surface area contributed by atoms with Crippen molar-refractivity contribution in [3.8, 4) is 11.8 Å². The molecule has 0 aromatic carbocycles. The van der Waals surface area contributed by atoms with Gasteiger partial charge in [0.05, 0.1) is 0 Å². The Kier molecular flexibility index (Phi) is 5.01. The van der Waals surface area contributed by atoms with Crippen LogP contribution >= 0.6 is 0 Å². The standard InChI is InChI=1S/C11H21N/c1-5-6-7-8-10(12)9-11(2,3)4/h10H,7-9,12H2,1-4H3. The summed E-state index contributed by atoms with van der Waals surface area (Å²) in [6, 6.07) is 0.311. The lowest BCUT2D eigenvalue weighted by molar-refractivity contribution is 0.332. The molecule has 0 bridgehead atoms. The van der Waals surface area contributed by atoms with E-state index in [9.17, 15) is 0 Å². The minimum atomic E-state index is 0.311. The lowest BCUT2D eigenvalue weighted by Gasteiger charge is -2.22. The van der Waals surface area contributed by atoms with E-state index >= 15 is 0 Å². The van der Waals surface area contributed by atoms with Gasteiger partial charge in [-0.25, -0.2) is 0 Å². The van der Waals surface area contributed by atoms with Crippen molar-refractivity contribution < 1.29 is 0 Å². The van der Waals surface area contributed by atoms with E-state index in [0.717, 1.165) is 19.3 Å². The summed E-state index contributed by atoms with van der Waals surface area (Å²) in [6.07, 6.45) is 3.05. The summed E-state index contributed by atoms with van der Waals surface area (Å²) in [5.41, 5.74) is 6.28. The third kappa shape index (κ3) is 7.63. The van der Waals surface area contributed by atoms with Crippen molar-refractivity contribution in [2.45, 2.75) is 53.0 Å². The van der Waals surface area contributed by atoms with Crippen molar-refractivity contribution in [1.29, 1.82) is 0 Å². The third-order valence-electron chi connectivity index (χ3n) is 1.69. The van der Waals surface area contributed by atoms with Crippen LogP contribution in [0.4, 0.5) is 0 Å². The molecule has 70 valence electrons. The maximum Gasteiger partial charge on any atom is 0.0103 e. The second-order valence-corrected chi connectivity index (χ2v) is 4.49. The van der Waals surface area contributed by atoms with Crippen molar-refractivity contribution in [3.63, 3.8) is 0 Å². The maximum atomic E-state index is 5.93. The summed E-state index contributed by atoms with van der Waals surface area (Å²) >= 11 is 0. The van der Waals surface area contributed by atoms with E-state index in [1.165, 1.54) is 0 Å². The van der Waals surface area contributed by atoms with Crippen LogP contribution in [0, 0.1) is 17.3 Å². The van der Waals surface area contributed by atoms with Crippen molar-refractivity contribution in [2.75, 3.05) is 0 Å². The average molecular weight is 167 g/mol. The second-order valence-electron chi connectivity index (χ2n) is 4.49. The zero-order chi connectivity index (χ0) is 9.61. The van der Waals surface area contributed by atoms with Gasteiger partial charge < -0.3 is 5.73 Å². The Hall–Kier alpha value is -0.480. The van der Waals surface area contributed by atoms with E-state index in [1.54, 1.807) is 0 Å².